The molecule has 26 heavy (non-hydrogen) atoms. The van der Waals surface area contributed by atoms with Gasteiger partial charge in [0, 0.05) is 37.7 Å². The third kappa shape index (κ3) is 3.03. The molecule has 0 aliphatic rings. The second kappa shape index (κ2) is 6.64. The molecule has 0 saturated carbocycles. The number of carbonyl (C=O) groups is 1. The highest BCUT2D eigenvalue weighted by atomic mass is 79.9. The van der Waals surface area contributed by atoms with Crippen molar-refractivity contribution in [3.05, 3.63) is 52.5 Å². The molecule has 134 valence electrons. The number of carbonyl (C=O) groups excluding carboxylic acids is 1. The van der Waals surface area contributed by atoms with E-state index in [4.69, 9.17) is 4.42 Å². The fourth-order valence-corrected chi connectivity index (χ4v) is 3.57. The number of nitrogens with one attached hydrogen (secondary N) is 1. The molecule has 0 aliphatic carbocycles. The Morgan fingerprint density at radius 2 is 2.12 bits per heavy atom. The zero-order valence-corrected chi connectivity index (χ0v) is 16.2. The maximum Gasteiger partial charge on any atom is 0.268 e. The van der Waals surface area contributed by atoms with Crippen molar-refractivity contribution in [2.75, 3.05) is 6.54 Å². The molecule has 0 fully saturated rings. The van der Waals surface area contributed by atoms with Crippen LogP contribution in [-0.2, 0) is 13.6 Å². The average molecular weight is 415 g/mol. The van der Waals surface area contributed by atoms with Crippen molar-refractivity contribution >= 4 is 43.8 Å². The first kappa shape index (κ1) is 16.9. The van der Waals surface area contributed by atoms with E-state index in [-0.39, 0.29) is 5.91 Å². The number of furan rings is 1. The normalized spacial score (nSPS) is 11.5. The van der Waals surface area contributed by atoms with Crippen molar-refractivity contribution in [2.24, 2.45) is 7.05 Å². The Bertz CT molecular complexity index is 1110. The lowest BCUT2D eigenvalue weighted by Crippen LogP contribution is -2.27. The summed E-state index contributed by atoms with van der Waals surface area (Å²) in [6, 6.07) is 9.93. The molecule has 1 aromatic carbocycles. The van der Waals surface area contributed by atoms with Crippen molar-refractivity contribution in [1.29, 1.82) is 0 Å². The number of fused-ring (bicyclic) bond motifs is 2. The Kier molecular flexibility index (Phi) is 4.32. The topological polar surface area (TPSA) is 65.0 Å². The molecule has 0 spiro atoms. The molecule has 0 unspecified atom stereocenters. The summed E-state index contributed by atoms with van der Waals surface area (Å²) in [6.07, 6.45) is 2.69. The van der Waals surface area contributed by atoms with E-state index in [2.05, 4.69) is 51.5 Å². The lowest BCUT2D eigenvalue weighted by molar-refractivity contribution is 0.0945. The van der Waals surface area contributed by atoms with E-state index in [0.717, 1.165) is 29.4 Å². The van der Waals surface area contributed by atoms with Crippen LogP contribution in [0, 0.1) is 6.92 Å². The first-order chi connectivity index (χ1) is 12.5. The van der Waals surface area contributed by atoms with Crippen molar-refractivity contribution in [1.82, 2.24) is 19.7 Å². The summed E-state index contributed by atoms with van der Waals surface area (Å²) in [7, 11) is 1.86. The van der Waals surface area contributed by atoms with E-state index < -0.39 is 0 Å². The zero-order chi connectivity index (χ0) is 18.3. The van der Waals surface area contributed by atoms with Crippen LogP contribution in [-0.4, -0.2) is 26.8 Å². The highest BCUT2D eigenvalue weighted by Gasteiger charge is 2.16. The van der Waals surface area contributed by atoms with Crippen LogP contribution in [0.4, 0.5) is 0 Å². The van der Waals surface area contributed by atoms with E-state index in [0.29, 0.717) is 22.5 Å². The van der Waals surface area contributed by atoms with Crippen molar-refractivity contribution in [3.8, 4) is 0 Å². The molecule has 0 aliphatic heterocycles. The van der Waals surface area contributed by atoms with Gasteiger partial charge in [-0.15, -0.1) is 0 Å². The largest absolute Gasteiger partial charge is 0.448 e. The summed E-state index contributed by atoms with van der Waals surface area (Å²) in [5.74, 6) is -0.101. The summed E-state index contributed by atoms with van der Waals surface area (Å²) in [5, 5.41) is 8.55. The van der Waals surface area contributed by atoms with Crippen LogP contribution < -0.4 is 5.32 Å². The summed E-state index contributed by atoms with van der Waals surface area (Å²) in [5.41, 5.74) is 4.52. The summed E-state index contributed by atoms with van der Waals surface area (Å²) >= 11 is 3.30. The molecule has 0 bridgehead atoms. The van der Waals surface area contributed by atoms with Crippen LogP contribution in [0.3, 0.4) is 0 Å². The molecule has 3 heterocycles. The monoisotopic (exact) mass is 414 g/mol. The van der Waals surface area contributed by atoms with Crippen LogP contribution in [0.5, 0.6) is 0 Å². The Hall–Kier alpha value is -2.54. The number of halogens is 1. The molecule has 0 atom stereocenters. The standard InChI is InChI=1S/C19H19BrN4O2/c1-12-4-5-13-11-22-24(14(13)8-12)7-3-6-21-19(25)16-9-17-15(23(16)2)10-18(20)26-17/h4-5,8-11H,3,6-7H2,1-2H3,(H,21,25). The summed E-state index contributed by atoms with van der Waals surface area (Å²) < 4.78 is 9.99. The molecule has 4 rings (SSSR count). The van der Waals surface area contributed by atoms with E-state index in [1.165, 1.54) is 5.56 Å². The smallest absolute Gasteiger partial charge is 0.268 e. The second-order valence-electron chi connectivity index (χ2n) is 6.43. The van der Waals surface area contributed by atoms with Gasteiger partial charge in [0.15, 0.2) is 10.3 Å². The number of hydrogen-bond acceptors (Lipinski definition) is 3. The van der Waals surface area contributed by atoms with E-state index in [1.807, 2.05) is 28.6 Å². The third-order valence-electron chi connectivity index (χ3n) is 4.57. The Morgan fingerprint density at radius 3 is 2.92 bits per heavy atom. The quantitative estimate of drug-likeness (QED) is 0.501. The van der Waals surface area contributed by atoms with Gasteiger partial charge < -0.3 is 14.3 Å². The number of aromatic nitrogens is 3. The number of nitrogens with zero attached hydrogens (tertiary/aromatic N) is 3. The molecule has 7 heteroatoms. The lowest BCUT2D eigenvalue weighted by atomic mass is 10.2. The molecule has 0 radical (unpaired) electrons. The van der Waals surface area contributed by atoms with E-state index in [9.17, 15) is 4.79 Å². The molecule has 1 amide bonds. The van der Waals surface area contributed by atoms with Gasteiger partial charge in [0.25, 0.3) is 5.91 Å². The van der Waals surface area contributed by atoms with E-state index in [1.54, 1.807) is 6.07 Å². The number of amides is 1. The minimum Gasteiger partial charge on any atom is -0.448 e. The molecule has 1 N–H and O–H groups in total. The van der Waals surface area contributed by atoms with Crippen LogP contribution in [0.2, 0.25) is 0 Å². The maximum atomic E-state index is 12.4. The van der Waals surface area contributed by atoms with Gasteiger partial charge in [-0.2, -0.15) is 5.10 Å². The van der Waals surface area contributed by atoms with Crippen LogP contribution in [0.1, 0.15) is 22.5 Å². The minimum absolute atomic E-state index is 0.101. The number of aryl methyl sites for hydroxylation is 3. The van der Waals surface area contributed by atoms with Crippen LogP contribution >= 0.6 is 15.9 Å². The number of rotatable bonds is 5. The maximum absolute atomic E-state index is 12.4. The number of hydrogen-bond donors (Lipinski definition) is 1. The van der Waals surface area contributed by atoms with Gasteiger partial charge in [-0.25, -0.2) is 0 Å². The predicted molar refractivity (Wildman–Crippen MR) is 104 cm³/mol. The van der Waals surface area contributed by atoms with Crippen molar-refractivity contribution < 1.29 is 9.21 Å². The molecule has 6 nitrogen and oxygen atoms in total. The SMILES string of the molecule is Cc1ccc2cnn(CCCNC(=O)c3cc4oc(Br)cc4n3C)c2c1. The first-order valence-corrected chi connectivity index (χ1v) is 9.27. The molecular formula is C19H19BrN4O2. The van der Waals surface area contributed by atoms with Gasteiger partial charge in [-0.3, -0.25) is 9.48 Å². The minimum atomic E-state index is -0.101. The molecule has 0 saturated heterocycles. The van der Waals surface area contributed by atoms with Gasteiger partial charge in [0.1, 0.15) is 5.69 Å². The van der Waals surface area contributed by atoms with Gasteiger partial charge >= 0.3 is 0 Å². The molecule has 3 aromatic heterocycles. The lowest BCUT2D eigenvalue weighted by Gasteiger charge is -2.07. The fraction of sp³-hybridized carbons (Fsp3) is 0.263. The van der Waals surface area contributed by atoms with Crippen molar-refractivity contribution in [3.63, 3.8) is 0 Å². The Balaban J connectivity index is 1.37. The van der Waals surface area contributed by atoms with Gasteiger partial charge in [0.05, 0.1) is 17.2 Å². The van der Waals surface area contributed by atoms with Crippen molar-refractivity contribution in [2.45, 2.75) is 19.9 Å². The number of benzene rings is 1. The van der Waals surface area contributed by atoms with Crippen LogP contribution in [0.15, 0.2) is 45.6 Å². The second-order valence-corrected chi connectivity index (χ2v) is 7.21. The molecule has 4 aromatic rings. The molecular weight excluding hydrogens is 396 g/mol. The average Bonchev–Trinajstić information content (AvgIpc) is 3.26. The highest BCUT2D eigenvalue weighted by Crippen LogP contribution is 2.26. The third-order valence-corrected chi connectivity index (χ3v) is 4.96. The fourth-order valence-electron chi connectivity index (χ4n) is 3.18. The predicted octanol–water partition coefficient (Wildman–Crippen LogP) is 4.01. The van der Waals surface area contributed by atoms with Crippen LogP contribution in [0.25, 0.3) is 22.0 Å². The van der Waals surface area contributed by atoms with Gasteiger partial charge in [-0.1, -0.05) is 12.1 Å². The van der Waals surface area contributed by atoms with E-state index >= 15 is 0 Å². The first-order valence-electron chi connectivity index (χ1n) is 8.48. The highest BCUT2D eigenvalue weighted by molar-refractivity contribution is 9.10. The van der Waals surface area contributed by atoms with Gasteiger partial charge in [-0.05, 0) is 40.9 Å². The summed E-state index contributed by atoms with van der Waals surface area (Å²) in [4.78, 5) is 12.4. The Morgan fingerprint density at radius 1 is 1.27 bits per heavy atom. The zero-order valence-electron chi connectivity index (χ0n) is 14.6. The Labute approximate surface area is 158 Å². The summed E-state index contributed by atoms with van der Waals surface area (Å²) in [6.45, 7) is 3.42. The van der Waals surface area contributed by atoms with Gasteiger partial charge in [0.2, 0.25) is 0 Å².